The molecule has 6 nitrogen and oxygen atoms in total. The Balaban J connectivity index is 2.19. The van der Waals surface area contributed by atoms with Gasteiger partial charge in [-0.05, 0) is 45.7 Å². The van der Waals surface area contributed by atoms with E-state index in [1.807, 2.05) is 41.0 Å². The molecule has 0 aliphatic carbocycles. The van der Waals surface area contributed by atoms with Gasteiger partial charge >= 0.3 is 0 Å². The number of nitrogens with one attached hydrogen (secondary N) is 1. The topological polar surface area (TPSA) is 68.2 Å². The molecule has 0 saturated carbocycles. The average Bonchev–Trinajstić information content (AvgIpc) is 2.56. The zero-order valence-electron chi connectivity index (χ0n) is 16.6. The molecule has 1 fully saturated rings. The average molecular weight is 361 g/mol. The van der Waals surface area contributed by atoms with Crippen molar-refractivity contribution in [2.24, 2.45) is 4.99 Å². The molecule has 1 aromatic rings. The van der Waals surface area contributed by atoms with E-state index in [-0.39, 0.29) is 24.1 Å². The normalized spacial score (nSPS) is 17.8. The van der Waals surface area contributed by atoms with Crippen LogP contribution in [0.3, 0.4) is 0 Å². The molecular weight excluding hydrogens is 328 g/mol. The zero-order chi connectivity index (χ0) is 19.3. The number of carbonyl (C=O) groups is 1. The highest BCUT2D eigenvalue weighted by Gasteiger charge is 2.40. The summed E-state index contributed by atoms with van der Waals surface area (Å²) >= 11 is 0. The number of hydrogen-bond donors (Lipinski definition) is 2. The Labute approximate surface area is 156 Å². The number of rotatable bonds is 5. The molecule has 1 aromatic carbocycles. The van der Waals surface area contributed by atoms with Crippen LogP contribution in [0.1, 0.15) is 45.7 Å². The third-order valence-corrected chi connectivity index (χ3v) is 4.56. The summed E-state index contributed by atoms with van der Waals surface area (Å²) in [6, 6.07) is 7.96. The summed E-state index contributed by atoms with van der Waals surface area (Å²) in [5.74, 6) is 0.885. The van der Waals surface area contributed by atoms with Crippen molar-refractivity contribution in [3.8, 4) is 0 Å². The van der Waals surface area contributed by atoms with Gasteiger partial charge < -0.3 is 20.2 Å². The predicted octanol–water partition coefficient (Wildman–Crippen LogP) is 1.98. The lowest BCUT2D eigenvalue weighted by Gasteiger charge is -2.49. The van der Waals surface area contributed by atoms with Gasteiger partial charge in [-0.2, -0.15) is 0 Å². The third kappa shape index (κ3) is 4.75. The molecule has 0 bridgehead atoms. The first-order valence-electron chi connectivity index (χ1n) is 9.32. The first kappa shape index (κ1) is 20.2. The van der Waals surface area contributed by atoms with Gasteiger partial charge in [0.15, 0.2) is 5.96 Å². The fraction of sp³-hybridized carbons (Fsp3) is 0.600. The van der Waals surface area contributed by atoms with E-state index in [4.69, 9.17) is 4.99 Å². The van der Waals surface area contributed by atoms with Gasteiger partial charge in [0, 0.05) is 19.1 Å². The molecule has 2 N–H and O–H groups in total. The second-order valence-corrected chi connectivity index (χ2v) is 7.67. The van der Waals surface area contributed by atoms with Gasteiger partial charge in [0.1, 0.15) is 0 Å². The second kappa shape index (κ2) is 8.54. The number of carbonyl (C=O) groups excluding carboxylic acids is 1. The fourth-order valence-electron chi connectivity index (χ4n) is 3.73. The zero-order valence-corrected chi connectivity index (χ0v) is 16.6. The molecule has 1 aliphatic rings. The molecule has 0 unspecified atom stereocenters. The Kier molecular flexibility index (Phi) is 6.64. The number of nitrogens with zero attached hydrogens (tertiary/aromatic N) is 3. The number of benzene rings is 1. The minimum Gasteiger partial charge on any atom is -0.392 e. The van der Waals surface area contributed by atoms with Crippen LogP contribution in [0.4, 0.5) is 0 Å². The minimum absolute atomic E-state index is 0.0253. The number of aliphatic hydroxyl groups excluding tert-OH is 1. The summed E-state index contributed by atoms with van der Waals surface area (Å²) in [5, 5.41) is 12.6. The number of aliphatic imine (C=N–C) groups is 1. The van der Waals surface area contributed by atoms with E-state index in [0.29, 0.717) is 13.1 Å². The lowest BCUT2D eigenvalue weighted by molar-refractivity contribution is -0.145. The van der Waals surface area contributed by atoms with Gasteiger partial charge in [-0.1, -0.05) is 24.3 Å². The molecular formula is C20H32N4O2. The highest BCUT2D eigenvalue weighted by Crippen LogP contribution is 2.24. The predicted molar refractivity (Wildman–Crippen MR) is 105 cm³/mol. The third-order valence-electron chi connectivity index (χ3n) is 4.56. The molecule has 6 heteroatoms. The summed E-state index contributed by atoms with van der Waals surface area (Å²) in [4.78, 5) is 21.4. The number of amides is 1. The smallest absolute Gasteiger partial charge is 0.242 e. The number of hydrogen-bond acceptors (Lipinski definition) is 3. The van der Waals surface area contributed by atoms with Crippen LogP contribution in [-0.2, 0) is 17.9 Å². The van der Waals surface area contributed by atoms with Crippen LogP contribution in [0, 0.1) is 0 Å². The molecule has 1 heterocycles. The van der Waals surface area contributed by atoms with Gasteiger partial charge in [0.05, 0.1) is 25.2 Å². The molecule has 2 rings (SSSR count). The summed E-state index contributed by atoms with van der Waals surface area (Å²) in [7, 11) is 0. The maximum atomic E-state index is 12.7. The monoisotopic (exact) mass is 360 g/mol. The Hall–Kier alpha value is -2.08. The van der Waals surface area contributed by atoms with E-state index in [2.05, 4.69) is 33.0 Å². The van der Waals surface area contributed by atoms with E-state index in [1.54, 1.807) is 0 Å². The van der Waals surface area contributed by atoms with Crippen molar-refractivity contribution < 1.29 is 9.90 Å². The van der Waals surface area contributed by atoms with Crippen molar-refractivity contribution in [2.75, 3.05) is 19.6 Å². The highest BCUT2D eigenvalue weighted by atomic mass is 16.3. The Morgan fingerprint density at radius 2 is 2.04 bits per heavy atom. The molecule has 0 aromatic heterocycles. The molecule has 1 amide bonds. The van der Waals surface area contributed by atoms with Crippen molar-refractivity contribution in [1.29, 1.82) is 0 Å². The SMILES string of the molecule is CCNC(=NCc1cccc(CO)c1)N1CC(=O)N(C(C)C)C(C)(C)C1. The molecule has 0 radical (unpaired) electrons. The second-order valence-electron chi connectivity index (χ2n) is 7.67. The Morgan fingerprint density at radius 3 is 2.62 bits per heavy atom. The van der Waals surface area contributed by atoms with E-state index >= 15 is 0 Å². The van der Waals surface area contributed by atoms with Crippen LogP contribution in [0.5, 0.6) is 0 Å². The van der Waals surface area contributed by atoms with Gasteiger partial charge in [0.25, 0.3) is 0 Å². The van der Waals surface area contributed by atoms with Crippen molar-refractivity contribution >= 4 is 11.9 Å². The minimum atomic E-state index is -0.253. The fourth-order valence-corrected chi connectivity index (χ4v) is 3.73. The lowest BCUT2D eigenvalue weighted by atomic mass is 9.96. The summed E-state index contributed by atoms with van der Waals surface area (Å²) in [6.07, 6.45) is 0. The van der Waals surface area contributed by atoms with Gasteiger partial charge in [-0.25, -0.2) is 4.99 Å². The van der Waals surface area contributed by atoms with Crippen molar-refractivity contribution in [2.45, 2.75) is 59.4 Å². The van der Waals surface area contributed by atoms with Gasteiger partial charge in [0.2, 0.25) is 5.91 Å². The van der Waals surface area contributed by atoms with Crippen molar-refractivity contribution in [3.63, 3.8) is 0 Å². The van der Waals surface area contributed by atoms with E-state index in [9.17, 15) is 9.90 Å². The lowest BCUT2D eigenvalue weighted by Crippen LogP contribution is -2.66. The van der Waals surface area contributed by atoms with Crippen molar-refractivity contribution in [3.05, 3.63) is 35.4 Å². The summed E-state index contributed by atoms with van der Waals surface area (Å²) in [6.45, 7) is 12.7. The van der Waals surface area contributed by atoms with E-state index in [0.717, 1.165) is 30.2 Å². The van der Waals surface area contributed by atoms with Gasteiger partial charge in [-0.3, -0.25) is 4.79 Å². The number of guanidine groups is 1. The van der Waals surface area contributed by atoms with Crippen LogP contribution in [0.15, 0.2) is 29.3 Å². The molecule has 144 valence electrons. The van der Waals surface area contributed by atoms with Crippen LogP contribution in [0.25, 0.3) is 0 Å². The largest absolute Gasteiger partial charge is 0.392 e. The molecule has 0 atom stereocenters. The summed E-state index contributed by atoms with van der Waals surface area (Å²) < 4.78 is 0. The maximum absolute atomic E-state index is 12.7. The first-order chi connectivity index (χ1) is 12.3. The van der Waals surface area contributed by atoms with Gasteiger partial charge in [-0.15, -0.1) is 0 Å². The molecule has 26 heavy (non-hydrogen) atoms. The summed E-state index contributed by atoms with van der Waals surface area (Å²) in [5.41, 5.74) is 1.67. The van der Waals surface area contributed by atoms with E-state index in [1.165, 1.54) is 0 Å². The van der Waals surface area contributed by atoms with Crippen LogP contribution < -0.4 is 5.32 Å². The molecule has 1 saturated heterocycles. The Morgan fingerprint density at radius 1 is 1.35 bits per heavy atom. The maximum Gasteiger partial charge on any atom is 0.242 e. The first-order valence-corrected chi connectivity index (χ1v) is 9.32. The van der Waals surface area contributed by atoms with Crippen LogP contribution >= 0.6 is 0 Å². The van der Waals surface area contributed by atoms with Crippen LogP contribution in [0.2, 0.25) is 0 Å². The quantitative estimate of drug-likeness (QED) is 0.622. The number of aliphatic hydroxyl groups is 1. The number of piperazine rings is 1. The van der Waals surface area contributed by atoms with Crippen molar-refractivity contribution in [1.82, 2.24) is 15.1 Å². The highest BCUT2D eigenvalue weighted by molar-refractivity contribution is 5.88. The molecule has 0 spiro atoms. The Bertz CT molecular complexity index is 655. The van der Waals surface area contributed by atoms with Crippen LogP contribution in [-0.4, -0.2) is 58.0 Å². The standard InChI is InChI=1S/C20H32N4O2/c1-6-21-19(22-11-16-8-7-9-17(10-16)13-25)23-12-18(26)24(15(2)3)20(4,5)14-23/h7-10,15,25H,6,11-14H2,1-5H3,(H,21,22). The molecule has 1 aliphatic heterocycles. The van der Waals surface area contributed by atoms with E-state index < -0.39 is 0 Å².